The van der Waals surface area contributed by atoms with Gasteiger partial charge < -0.3 is 19.7 Å². The van der Waals surface area contributed by atoms with E-state index in [-0.39, 0.29) is 29.5 Å². The minimum Gasteiger partial charge on any atom is -0.497 e. The van der Waals surface area contributed by atoms with E-state index in [4.69, 9.17) is 9.47 Å². The fourth-order valence-corrected chi connectivity index (χ4v) is 6.63. The summed E-state index contributed by atoms with van der Waals surface area (Å²) in [6.07, 6.45) is 0.215. The molecular formula is C38H45N3O6S. The summed E-state index contributed by atoms with van der Waals surface area (Å²) < 4.78 is 40.6. The molecule has 254 valence electrons. The molecule has 0 radical (unpaired) electrons. The summed E-state index contributed by atoms with van der Waals surface area (Å²) in [6.45, 7) is 9.29. The van der Waals surface area contributed by atoms with E-state index in [2.05, 4.69) is 5.32 Å². The molecule has 48 heavy (non-hydrogen) atoms. The van der Waals surface area contributed by atoms with Crippen LogP contribution in [-0.2, 0) is 32.6 Å². The van der Waals surface area contributed by atoms with Crippen LogP contribution in [0.25, 0.3) is 0 Å². The Bertz CT molecular complexity index is 1770. The average Bonchev–Trinajstić information content (AvgIpc) is 3.05. The fourth-order valence-electron chi connectivity index (χ4n) is 5.22. The maximum atomic E-state index is 14.7. The lowest BCUT2D eigenvalue weighted by Crippen LogP contribution is -2.56. The molecule has 1 N–H and O–H groups in total. The van der Waals surface area contributed by atoms with Gasteiger partial charge in [0.05, 0.1) is 24.3 Å². The Labute approximate surface area is 284 Å². The average molecular weight is 672 g/mol. The van der Waals surface area contributed by atoms with Crippen molar-refractivity contribution in [3.8, 4) is 11.5 Å². The molecule has 0 saturated carbocycles. The number of ether oxygens (including phenoxy) is 2. The highest BCUT2D eigenvalue weighted by atomic mass is 32.2. The Morgan fingerprint density at radius 1 is 0.833 bits per heavy atom. The molecule has 0 fully saturated rings. The SMILES string of the molecule is CCOc1ccc(N(CC(=O)N(Cc2cccc(OC)c2)[C@@H](Cc2ccccc2)C(=O)NC(C)(C)C)S(=O)(=O)c2ccc(C)cc2)cc1. The number of nitrogens with one attached hydrogen (secondary N) is 1. The fraction of sp³-hybridized carbons (Fsp3) is 0.316. The van der Waals surface area contributed by atoms with Gasteiger partial charge in [-0.15, -0.1) is 0 Å². The molecular weight excluding hydrogens is 627 g/mol. The zero-order valence-corrected chi connectivity index (χ0v) is 29.3. The first-order valence-corrected chi connectivity index (χ1v) is 17.4. The number of carbonyl (C=O) groups excluding carboxylic acids is 2. The molecule has 0 unspecified atom stereocenters. The second-order valence-corrected chi connectivity index (χ2v) is 14.4. The van der Waals surface area contributed by atoms with E-state index >= 15 is 0 Å². The van der Waals surface area contributed by atoms with E-state index in [9.17, 15) is 18.0 Å². The smallest absolute Gasteiger partial charge is 0.264 e. The van der Waals surface area contributed by atoms with Gasteiger partial charge in [-0.05, 0) is 94.3 Å². The normalized spacial score (nSPS) is 12.1. The molecule has 9 nitrogen and oxygen atoms in total. The number of carbonyl (C=O) groups is 2. The zero-order chi connectivity index (χ0) is 34.9. The Morgan fingerprint density at radius 3 is 2.08 bits per heavy atom. The number of aryl methyl sites for hydroxylation is 1. The van der Waals surface area contributed by atoms with E-state index in [1.807, 2.05) is 77.1 Å². The molecule has 4 aromatic carbocycles. The second-order valence-electron chi connectivity index (χ2n) is 12.6. The van der Waals surface area contributed by atoms with Gasteiger partial charge in [0.15, 0.2) is 0 Å². The number of methoxy groups -OCH3 is 1. The standard InChI is InChI=1S/C38H45N3O6S/c1-7-47-32-20-18-31(19-21-32)41(48(44,45)34-22-16-28(2)17-23-34)27-36(42)40(26-30-14-11-15-33(24-30)46-6)35(37(43)39-38(3,4)5)25-29-12-9-8-10-13-29/h8-24,35H,7,25-27H2,1-6H3,(H,39,43)/t35-/m0/s1. The zero-order valence-electron chi connectivity index (χ0n) is 28.5. The second kappa shape index (κ2) is 15.8. The summed E-state index contributed by atoms with van der Waals surface area (Å²) in [5.41, 5.74) is 2.17. The lowest BCUT2D eigenvalue weighted by atomic mass is 10.0. The van der Waals surface area contributed by atoms with Crippen LogP contribution in [0.1, 0.15) is 44.4 Å². The summed E-state index contributed by atoms with van der Waals surface area (Å²) in [6, 6.07) is 28.8. The quantitative estimate of drug-likeness (QED) is 0.172. The van der Waals surface area contributed by atoms with Crippen molar-refractivity contribution >= 4 is 27.5 Å². The topological polar surface area (TPSA) is 105 Å². The van der Waals surface area contributed by atoms with Crippen LogP contribution in [0.4, 0.5) is 5.69 Å². The molecule has 2 amide bonds. The van der Waals surface area contributed by atoms with E-state index in [1.165, 1.54) is 17.0 Å². The summed E-state index contributed by atoms with van der Waals surface area (Å²) in [5.74, 6) is 0.266. The lowest BCUT2D eigenvalue weighted by Gasteiger charge is -2.35. The molecule has 1 atom stereocenters. The van der Waals surface area contributed by atoms with E-state index in [0.29, 0.717) is 18.1 Å². The van der Waals surface area contributed by atoms with Crippen molar-refractivity contribution in [1.82, 2.24) is 10.2 Å². The molecule has 4 aromatic rings. The first-order valence-electron chi connectivity index (χ1n) is 15.9. The summed E-state index contributed by atoms with van der Waals surface area (Å²) in [5, 5.41) is 3.04. The third-order valence-corrected chi connectivity index (χ3v) is 9.37. The van der Waals surface area contributed by atoms with Gasteiger partial charge in [-0.1, -0.05) is 60.2 Å². The number of nitrogens with zero attached hydrogens (tertiary/aromatic N) is 2. The third kappa shape index (κ3) is 9.60. The number of benzene rings is 4. The third-order valence-electron chi connectivity index (χ3n) is 7.58. The minimum atomic E-state index is -4.22. The van der Waals surface area contributed by atoms with Crippen LogP contribution in [0.2, 0.25) is 0 Å². The van der Waals surface area contributed by atoms with Gasteiger partial charge in [-0.2, -0.15) is 0 Å². The van der Waals surface area contributed by atoms with Gasteiger partial charge in [-0.25, -0.2) is 8.42 Å². The number of amides is 2. The maximum Gasteiger partial charge on any atom is 0.264 e. The van der Waals surface area contributed by atoms with E-state index in [1.54, 1.807) is 55.6 Å². The first-order chi connectivity index (χ1) is 22.8. The van der Waals surface area contributed by atoms with Crippen molar-refractivity contribution in [1.29, 1.82) is 0 Å². The van der Waals surface area contributed by atoms with Crippen molar-refractivity contribution in [2.45, 2.75) is 64.1 Å². The lowest BCUT2D eigenvalue weighted by molar-refractivity contribution is -0.140. The molecule has 10 heteroatoms. The van der Waals surface area contributed by atoms with Gasteiger partial charge in [0.25, 0.3) is 10.0 Å². The van der Waals surface area contributed by atoms with Crippen molar-refractivity contribution in [2.75, 3.05) is 24.6 Å². The monoisotopic (exact) mass is 671 g/mol. The van der Waals surface area contributed by atoms with Gasteiger partial charge in [-0.3, -0.25) is 13.9 Å². The number of hydrogen-bond acceptors (Lipinski definition) is 6. The Morgan fingerprint density at radius 2 is 1.48 bits per heavy atom. The van der Waals surface area contributed by atoms with Crippen LogP contribution in [0, 0.1) is 6.92 Å². The summed E-state index contributed by atoms with van der Waals surface area (Å²) >= 11 is 0. The molecule has 0 aromatic heterocycles. The van der Waals surface area contributed by atoms with E-state index < -0.39 is 34.1 Å². The van der Waals surface area contributed by atoms with Crippen LogP contribution in [-0.4, -0.2) is 57.0 Å². The van der Waals surface area contributed by atoms with Crippen molar-refractivity contribution in [3.05, 3.63) is 120 Å². The van der Waals surface area contributed by atoms with E-state index in [0.717, 1.165) is 21.0 Å². The molecule has 0 aliphatic heterocycles. The number of hydrogen-bond donors (Lipinski definition) is 1. The summed E-state index contributed by atoms with van der Waals surface area (Å²) in [4.78, 5) is 30.2. The van der Waals surface area contributed by atoms with Crippen molar-refractivity contribution < 1.29 is 27.5 Å². The van der Waals surface area contributed by atoms with Crippen molar-refractivity contribution in [3.63, 3.8) is 0 Å². The molecule has 0 aliphatic rings. The Kier molecular flexibility index (Phi) is 11.9. The van der Waals surface area contributed by atoms with Gasteiger partial charge in [0, 0.05) is 18.5 Å². The Balaban J connectivity index is 1.83. The van der Waals surface area contributed by atoms with Crippen molar-refractivity contribution in [2.24, 2.45) is 0 Å². The number of anilines is 1. The minimum absolute atomic E-state index is 0.0345. The highest BCUT2D eigenvalue weighted by molar-refractivity contribution is 7.92. The predicted molar refractivity (Wildman–Crippen MR) is 189 cm³/mol. The van der Waals surface area contributed by atoms with Crippen LogP contribution in [0.5, 0.6) is 11.5 Å². The van der Waals surface area contributed by atoms with Crippen LogP contribution < -0.4 is 19.1 Å². The summed E-state index contributed by atoms with van der Waals surface area (Å²) in [7, 11) is -2.66. The predicted octanol–water partition coefficient (Wildman–Crippen LogP) is 6.15. The molecule has 0 saturated heterocycles. The van der Waals surface area contributed by atoms with Gasteiger partial charge >= 0.3 is 0 Å². The highest BCUT2D eigenvalue weighted by Crippen LogP contribution is 2.28. The molecule has 0 heterocycles. The van der Waals surface area contributed by atoms with Crippen LogP contribution >= 0.6 is 0 Å². The first kappa shape index (κ1) is 36.0. The highest BCUT2D eigenvalue weighted by Gasteiger charge is 2.35. The molecule has 4 rings (SSSR count). The Hall–Kier alpha value is -4.83. The molecule has 0 spiro atoms. The largest absolute Gasteiger partial charge is 0.497 e. The molecule has 0 bridgehead atoms. The van der Waals surface area contributed by atoms with Crippen LogP contribution in [0.3, 0.4) is 0 Å². The number of sulfonamides is 1. The van der Waals surface area contributed by atoms with Crippen LogP contribution in [0.15, 0.2) is 108 Å². The molecule has 0 aliphatic carbocycles. The number of rotatable bonds is 14. The maximum absolute atomic E-state index is 14.7. The van der Waals surface area contributed by atoms with Gasteiger partial charge in [0.2, 0.25) is 11.8 Å². The van der Waals surface area contributed by atoms with Gasteiger partial charge in [0.1, 0.15) is 24.1 Å².